The van der Waals surface area contributed by atoms with Crippen molar-refractivity contribution in [2.24, 2.45) is 0 Å². The molecule has 0 atom stereocenters. The van der Waals surface area contributed by atoms with Gasteiger partial charge in [-0.1, -0.05) is 12.1 Å². The Hall–Kier alpha value is -1.91. The summed E-state index contributed by atoms with van der Waals surface area (Å²) in [6.45, 7) is 0. The summed E-state index contributed by atoms with van der Waals surface area (Å²) in [5.74, 6) is -1.71. The van der Waals surface area contributed by atoms with Crippen LogP contribution in [0.4, 0.5) is 22.0 Å². The molecule has 0 aliphatic heterocycles. The van der Waals surface area contributed by atoms with Crippen molar-refractivity contribution in [3.8, 4) is 11.1 Å². The van der Waals surface area contributed by atoms with Gasteiger partial charge in [-0.05, 0) is 35.9 Å². The van der Waals surface area contributed by atoms with E-state index < -0.39 is 34.5 Å². The van der Waals surface area contributed by atoms with Crippen LogP contribution in [0.2, 0.25) is 0 Å². The van der Waals surface area contributed by atoms with Crippen LogP contribution in [-0.4, -0.2) is 0 Å². The summed E-state index contributed by atoms with van der Waals surface area (Å²) in [5.41, 5.74) is -1.87. The molecule has 0 aromatic heterocycles. The number of benzene rings is 2. The fraction of sp³-hybridized carbons (Fsp3) is 0.0769. The molecule has 0 bridgehead atoms. The third-order valence-corrected chi connectivity index (χ3v) is 2.39. The second kappa shape index (κ2) is 4.40. The van der Waals surface area contributed by atoms with Gasteiger partial charge in [-0.15, -0.1) is 0 Å². The van der Waals surface area contributed by atoms with E-state index in [1.54, 1.807) is 0 Å². The number of alkyl halides is 3. The molecular weight excluding hydrogens is 251 g/mol. The predicted octanol–water partition coefficient (Wildman–Crippen LogP) is 4.45. The zero-order valence-corrected chi connectivity index (χ0v) is 8.85. The Morgan fingerprint density at radius 1 is 0.944 bits per heavy atom. The molecule has 2 aromatic rings. The highest BCUT2D eigenvalue weighted by molar-refractivity contribution is 5.68. The molecule has 18 heavy (non-hydrogen) atoms. The maximum Gasteiger partial charge on any atom is 0.417 e. The second-order valence-electron chi connectivity index (χ2n) is 3.59. The van der Waals surface area contributed by atoms with Crippen molar-refractivity contribution in [2.75, 3.05) is 0 Å². The number of hydrogen-bond donors (Lipinski definition) is 0. The van der Waals surface area contributed by atoms with Gasteiger partial charge in [0, 0.05) is 5.56 Å². The Balaban J connectivity index is 2.68. The van der Waals surface area contributed by atoms with Gasteiger partial charge >= 0.3 is 6.18 Å². The summed E-state index contributed by atoms with van der Waals surface area (Å²) in [7, 11) is 0. The first kappa shape index (κ1) is 12.5. The molecule has 0 unspecified atom stereocenters. The van der Waals surface area contributed by atoms with Gasteiger partial charge in [0.2, 0.25) is 0 Å². The normalized spacial score (nSPS) is 11.6. The van der Waals surface area contributed by atoms with Crippen LogP contribution in [0.3, 0.4) is 0 Å². The molecule has 0 saturated heterocycles. The van der Waals surface area contributed by atoms with Gasteiger partial charge in [0.1, 0.15) is 11.6 Å². The Kier molecular flexibility index (Phi) is 3.07. The summed E-state index contributed by atoms with van der Waals surface area (Å²) < 4.78 is 64.7. The highest BCUT2D eigenvalue weighted by Gasteiger charge is 2.33. The van der Waals surface area contributed by atoms with Crippen LogP contribution in [0.5, 0.6) is 0 Å². The van der Waals surface area contributed by atoms with Gasteiger partial charge in [-0.25, -0.2) is 8.78 Å². The smallest absolute Gasteiger partial charge is 0.207 e. The van der Waals surface area contributed by atoms with Crippen LogP contribution < -0.4 is 0 Å². The number of rotatable bonds is 1. The molecule has 0 N–H and O–H groups in total. The van der Waals surface area contributed by atoms with Crippen molar-refractivity contribution in [2.45, 2.75) is 6.18 Å². The monoisotopic (exact) mass is 257 g/mol. The first-order valence-corrected chi connectivity index (χ1v) is 4.92. The summed E-state index contributed by atoms with van der Waals surface area (Å²) in [6.07, 6.45) is -4.65. The van der Waals surface area contributed by atoms with Crippen LogP contribution in [0, 0.1) is 17.7 Å². The van der Waals surface area contributed by atoms with Gasteiger partial charge in [0.15, 0.2) is 0 Å². The molecule has 0 spiro atoms. The van der Waals surface area contributed by atoms with E-state index in [1.165, 1.54) is 6.07 Å². The SMILES string of the molecule is Fc1ccc(F)c(-c2cc[c]cc2C(F)(F)F)c1. The molecule has 2 aromatic carbocycles. The summed E-state index contributed by atoms with van der Waals surface area (Å²) >= 11 is 0. The van der Waals surface area contributed by atoms with Gasteiger partial charge in [0.25, 0.3) is 0 Å². The van der Waals surface area contributed by atoms with Crippen LogP contribution in [0.1, 0.15) is 5.56 Å². The van der Waals surface area contributed by atoms with Gasteiger partial charge in [-0.2, -0.15) is 13.2 Å². The molecule has 0 amide bonds. The van der Waals surface area contributed by atoms with Crippen molar-refractivity contribution in [3.63, 3.8) is 0 Å². The van der Waals surface area contributed by atoms with Crippen LogP contribution in [-0.2, 0) is 6.18 Å². The molecule has 0 saturated carbocycles. The second-order valence-corrected chi connectivity index (χ2v) is 3.59. The van der Waals surface area contributed by atoms with Crippen molar-refractivity contribution in [1.82, 2.24) is 0 Å². The zero-order chi connectivity index (χ0) is 13.3. The van der Waals surface area contributed by atoms with Gasteiger partial charge in [0.05, 0.1) is 5.56 Å². The lowest BCUT2D eigenvalue weighted by molar-refractivity contribution is -0.137. The molecule has 0 aliphatic rings. The standard InChI is InChI=1S/C13H6F5/c14-8-5-6-12(15)10(7-8)9-3-1-2-4-11(9)13(16,17)18/h1,3-7H. The highest BCUT2D eigenvalue weighted by atomic mass is 19.4. The number of halogens is 5. The third kappa shape index (κ3) is 2.34. The molecule has 93 valence electrons. The fourth-order valence-electron chi connectivity index (χ4n) is 1.60. The highest BCUT2D eigenvalue weighted by Crippen LogP contribution is 2.37. The maximum absolute atomic E-state index is 13.5. The summed E-state index contributed by atoms with van der Waals surface area (Å²) in [6, 6.07) is 7.63. The Morgan fingerprint density at radius 3 is 2.33 bits per heavy atom. The minimum Gasteiger partial charge on any atom is -0.207 e. The lowest BCUT2D eigenvalue weighted by atomic mass is 9.99. The first-order chi connectivity index (χ1) is 8.39. The van der Waals surface area contributed by atoms with Crippen LogP contribution >= 0.6 is 0 Å². The fourth-order valence-corrected chi connectivity index (χ4v) is 1.60. The van der Waals surface area contributed by atoms with Gasteiger partial charge < -0.3 is 0 Å². The minimum atomic E-state index is -4.65. The Bertz CT molecular complexity index is 572. The lowest BCUT2D eigenvalue weighted by Gasteiger charge is -2.13. The topological polar surface area (TPSA) is 0 Å². The average Bonchev–Trinajstić information content (AvgIpc) is 2.31. The van der Waals surface area contributed by atoms with Gasteiger partial charge in [-0.3, -0.25) is 0 Å². The van der Waals surface area contributed by atoms with E-state index in [4.69, 9.17) is 0 Å². The quantitative estimate of drug-likeness (QED) is 0.662. The molecule has 0 aliphatic carbocycles. The van der Waals surface area contributed by atoms with E-state index in [1.807, 2.05) is 0 Å². The van der Waals surface area contributed by atoms with Crippen molar-refractivity contribution >= 4 is 0 Å². The maximum atomic E-state index is 13.5. The molecule has 2 rings (SSSR count). The molecule has 0 fully saturated rings. The van der Waals surface area contributed by atoms with Crippen LogP contribution in [0.15, 0.2) is 36.4 Å². The average molecular weight is 257 g/mol. The van der Waals surface area contributed by atoms with Crippen molar-refractivity contribution in [1.29, 1.82) is 0 Å². The molecule has 0 nitrogen and oxygen atoms in total. The molecule has 5 heteroatoms. The minimum absolute atomic E-state index is 0.404. The lowest BCUT2D eigenvalue weighted by Crippen LogP contribution is -2.07. The van der Waals surface area contributed by atoms with E-state index in [-0.39, 0.29) is 0 Å². The Morgan fingerprint density at radius 2 is 1.67 bits per heavy atom. The van der Waals surface area contributed by atoms with Crippen molar-refractivity contribution in [3.05, 3.63) is 59.7 Å². The molecule has 0 heterocycles. The third-order valence-electron chi connectivity index (χ3n) is 2.39. The largest absolute Gasteiger partial charge is 0.417 e. The zero-order valence-electron chi connectivity index (χ0n) is 8.85. The van der Waals surface area contributed by atoms with E-state index in [9.17, 15) is 22.0 Å². The van der Waals surface area contributed by atoms with E-state index >= 15 is 0 Å². The van der Waals surface area contributed by atoms with E-state index in [2.05, 4.69) is 6.07 Å². The molecule has 1 radical (unpaired) electrons. The van der Waals surface area contributed by atoms with E-state index in [0.717, 1.165) is 24.3 Å². The predicted molar refractivity (Wildman–Crippen MR) is 55.6 cm³/mol. The number of hydrogen-bond acceptors (Lipinski definition) is 0. The molecular formula is C13H6F5. The van der Waals surface area contributed by atoms with Crippen LogP contribution in [0.25, 0.3) is 11.1 Å². The summed E-state index contributed by atoms with van der Waals surface area (Å²) in [4.78, 5) is 0. The van der Waals surface area contributed by atoms with Crippen molar-refractivity contribution < 1.29 is 22.0 Å². The first-order valence-electron chi connectivity index (χ1n) is 4.92. The van der Waals surface area contributed by atoms with E-state index in [0.29, 0.717) is 6.07 Å². The summed E-state index contributed by atoms with van der Waals surface area (Å²) in [5, 5.41) is 0. The Labute approximate surface area is 99.7 Å².